The third-order valence-electron chi connectivity index (χ3n) is 4.75. The molecule has 0 aliphatic carbocycles. The van der Waals surface area contributed by atoms with Crippen molar-refractivity contribution in [2.75, 3.05) is 13.2 Å². The van der Waals surface area contributed by atoms with Crippen LogP contribution in [0, 0.1) is 6.92 Å². The minimum Gasteiger partial charge on any atom is -0.483 e. The number of hydrogen-bond donors (Lipinski definition) is 1. The van der Waals surface area contributed by atoms with Crippen molar-refractivity contribution in [3.8, 4) is 5.75 Å². The predicted octanol–water partition coefficient (Wildman–Crippen LogP) is 4.25. The van der Waals surface area contributed by atoms with Gasteiger partial charge in [-0.2, -0.15) is 0 Å². The van der Waals surface area contributed by atoms with E-state index >= 15 is 0 Å². The fourth-order valence-electron chi connectivity index (χ4n) is 2.90. The van der Waals surface area contributed by atoms with Crippen LogP contribution in [0.2, 0.25) is 0 Å². The molecule has 0 bridgehead atoms. The monoisotopic (exact) mass is 460 g/mol. The molecular weight excluding hydrogens is 432 g/mol. The van der Waals surface area contributed by atoms with Gasteiger partial charge in [0, 0.05) is 13.1 Å². The number of amides is 2. The lowest BCUT2D eigenvalue weighted by atomic mass is 10.1. The minimum atomic E-state index is -0.599. The predicted molar refractivity (Wildman–Crippen MR) is 119 cm³/mol. The van der Waals surface area contributed by atoms with Crippen molar-refractivity contribution < 1.29 is 14.3 Å². The van der Waals surface area contributed by atoms with E-state index in [-0.39, 0.29) is 18.4 Å². The van der Waals surface area contributed by atoms with Gasteiger partial charge >= 0.3 is 0 Å². The molecule has 0 heterocycles. The van der Waals surface area contributed by atoms with Gasteiger partial charge in [-0.3, -0.25) is 9.59 Å². The van der Waals surface area contributed by atoms with E-state index in [2.05, 4.69) is 28.2 Å². The molecule has 156 valence electrons. The molecule has 1 unspecified atom stereocenters. The second-order valence-electron chi connectivity index (χ2n) is 6.98. The Labute approximate surface area is 181 Å². The van der Waals surface area contributed by atoms with E-state index in [0.29, 0.717) is 18.8 Å². The SMILES string of the molecule is CCNC(=O)C(C)N(Cc1ccc(C)cc1)C(=O)COc1ccc(CC)cc1Br. The first-order valence-corrected chi connectivity index (χ1v) is 10.7. The highest BCUT2D eigenvalue weighted by Crippen LogP contribution is 2.26. The molecule has 0 aromatic heterocycles. The van der Waals surface area contributed by atoms with Gasteiger partial charge in [-0.25, -0.2) is 0 Å². The Kier molecular flexibility index (Phi) is 8.70. The number of likely N-dealkylation sites (N-methyl/N-ethyl adjacent to an activating group) is 1. The first-order chi connectivity index (χ1) is 13.8. The van der Waals surface area contributed by atoms with Gasteiger partial charge in [0.05, 0.1) is 4.47 Å². The second kappa shape index (κ2) is 11.0. The van der Waals surface area contributed by atoms with E-state index in [1.165, 1.54) is 5.56 Å². The van der Waals surface area contributed by atoms with Crippen LogP contribution in [0.1, 0.15) is 37.5 Å². The minimum absolute atomic E-state index is 0.139. The maximum absolute atomic E-state index is 13.0. The Morgan fingerprint density at radius 3 is 2.34 bits per heavy atom. The van der Waals surface area contributed by atoms with E-state index in [9.17, 15) is 9.59 Å². The second-order valence-corrected chi connectivity index (χ2v) is 7.84. The first kappa shape index (κ1) is 22.9. The van der Waals surface area contributed by atoms with Crippen LogP contribution in [0.5, 0.6) is 5.75 Å². The quantitative estimate of drug-likeness (QED) is 0.608. The van der Waals surface area contributed by atoms with Crippen LogP contribution in [0.25, 0.3) is 0 Å². The van der Waals surface area contributed by atoms with Gasteiger partial charge in [-0.15, -0.1) is 0 Å². The molecule has 29 heavy (non-hydrogen) atoms. The van der Waals surface area contributed by atoms with E-state index in [1.807, 2.05) is 56.3 Å². The van der Waals surface area contributed by atoms with Crippen molar-refractivity contribution in [3.05, 3.63) is 63.6 Å². The van der Waals surface area contributed by atoms with Crippen LogP contribution >= 0.6 is 15.9 Å². The maximum atomic E-state index is 13.0. The van der Waals surface area contributed by atoms with Gasteiger partial charge in [0.15, 0.2) is 6.61 Å². The summed E-state index contributed by atoms with van der Waals surface area (Å²) in [6.07, 6.45) is 0.923. The maximum Gasteiger partial charge on any atom is 0.261 e. The van der Waals surface area contributed by atoms with Crippen LogP contribution in [-0.2, 0) is 22.6 Å². The normalized spacial score (nSPS) is 11.6. The van der Waals surface area contributed by atoms with Crippen molar-refractivity contribution >= 4 is 27.7 Å². The molecule has 6 heteroatoms. The van der Waals surface area contributed by atoms with Crippen molar-refractivity contribution in [1.29, 1.82) is 0 Å². The molecule has 5 nitrogen and oxygen atoms in total. The molecule has 0 aliphatic rings. The molecule has 0 fully saturated rings. The molecule has 2 aromatic rings. The van der Waals surface area contributed by atoms with Gasteiger partial charge in [-0.05, 0) is 66.4 Å². The number of ether oxygens (including phenoxy) is 1. The third-order valence-corrected chi connectivity index (χ3v) is 5.37. The molecule has 0 radical (unpaired) electrons. The fourth-order valence-corrected chi connectivity index (χ4v) is 3.44. The molecule has 1 atom stereocenters. The Balaban J connectivity index is 2.14. The highest BCUT2D eigenvalue weighted by Gasteiger charge is 2.26. The summed E-state index contributed by atoms with van der Waals surface area (Å²) >= 11 is 3.49. The van der Waals surface area contributed by atoms with Gasteiger partial charge in [0.1, 0.15) is 11.8 Å². The summed E-state index contributed by atoms with van der Waals surface area (Å²) < 4.78 is 6.57. The summed E-state index contributed by atoms with van der Waals surface area (Å²) in [6.45, 7) is 8.41. The van der Waals surface area contributed by atoms with Gasteiger partial charge in [0.2, 0.25) is 5.91 Å². The summed E-state index contributed by atoms with van der Waals surface area (Å²) in [5, 5.41) is 2.79. The smallest absolute Gasteiger partial charge is 0.261 e. The molecule has 2 aromatic carbocycles. The highest BCUT2D eigenvalue weighted by molar-refractivity contribution is 9.10. The summed E-state index contributed by atoms with van der Waals surface area (Å²) in [6, 6.07) is 13.2. The number of carbonyl (C=O) groups is 2. The molecule has 0 saturated heterocycles. The topological polar surface area (TPSA) is 58.6 Å². The molecule has 0 aliphatic heterocycles. The standard InChI is InChI=1S/C23H29BrN2O3/c1-5-18-11-12-21(20(24)13-18)29-15-22(27)26(17(4)23(28)25-6-2)14-19-9-7-16(3)8-10-19/h7-13,17H,5-6,14-15H2,1-4H3,(H,25,28). The fraction of sp³-hybridized carbons (Fsp3) is 0.391. The summed E-state index contributed by atoms with van der Waals surface area (Å²) in [4.78, 5) is 26.9. The first-order valence-electron chi connectivity index (χ1n) is 9.89. The number of rotatable bonds is 9. The van der Waals surface area contributed by atoms with Gasteiger partial charge < -0.3 is 15.0 Å². The van der Waals surface area contributed by atoms with Gasteiger partial charge in [0.25, 0.3) is 5.91 Å². The van der Waals surface area contributed by atoms with Crippen molar-refractivity contribution in [3.63, 3.8) is 0 Å². The average molecular weight is 461 g/mol. The van der Waals surface area contributed by atoms with Crippen molar-refractivity contribution in [2.45, 2.75) is 46.7 Å². The zero-order valence-electron chi connectivity index (χ0n) is 17.5. The molecule has 1 N–H and O–H groups in total. The highest BCUT2D eigenvalue weighted by atomic mass is 79.9. The summed E-state index contributed by atoms with van der Waals surface area (Å²) in [5.41, 5.74) is 3.29. The number of hydrogen-bond acceptors (Lipinski definition) is 3. The zero-order valence-corrected chi connectivity index (χ0v) is 19.1. The van der Waals surface area contributed by atoms with Crippen molar-refractivity contribution in [1.82, 2.24) is 10.2 Å². The number of nitrogens with one attached hydrogen (secondary N) is 1. The van der Waals surface area contributed by atoms with Crippen LogP contribution in [0.3, 0.4) is 0 Å². The molecule has 2 rings (SSSR count). The van der Waals surface area contributed by atoms with E-state index in [0.717, 1.165) is 22.0 Å². The Bertz CT molecular complexity index is 837. The number of halogens is 1. The Morgan fingerprint density at radius 1 is 1.10 bits per heavy atom. The lowest BCUT2D eigenvalue weighted by Gasteiger charge is -2.28. The lowest BCUT2D eigenvalue weighted by molar-refractivity contribution is -0.142. The van der Waals surface area contributed by atoms with Crippen LogP contribution in [0.15, 0.2) is 46.9 Å². The number of nitrogens with zero attached hydrogens (tertiary/aromatic N) is 1. The van der Waals surface area contributed by atoms with Crippen LogP contribution in [-0.4, -0.2) is 35.9 Å². The van der Waals surface area contributed by atoms with E-state index in [1.54, 1.807) is 11.8 Å². The Hall–Kier alpha value is -2.34. The van der Waals surface area contributed by atoms with Crippen LogP contribution in [0.4, 0.5) is 0 Å². The van der Waals surface area contributed by atoms with E-state index < -0.39 is 6.04 Å². The zero-order chi connectivity index (χ0) is 21.4. The molecular formula is C23H29BrN2O3. The number of benzene rings is 2. The largest absolute Gasteiger partial charge is 0.483 e. The number of carbonyl (C=O) groups excluding carboxylic acids is 2. The third kappa shape index (κ3) is 6.60. The summed E-state index contributed by atoms with van der Waals surface area (Å²) in [7, 11) is 0. The Morgan fingerprint density at radius 2 is 1.76 bits per heavy atom. The molecule has 0 spiro atoms. The molecule has 0 saturated carbocycles. The van der Waals surface area contributed by atoms with Crippen LogP contribution < -0.4 is 10.1 Å². The molecule has 2 amide bonds. The number of aryl methyl sites for hydroxylation is 2. The van der Waals surface area contributed by atoms with E-state index in [4.69, 9.17) is 4.74 Å². The lowest BCUT2D eigenvalue weighted by Crippen LogP contribution is -2.49. The van der Waals surface area contributed by atoms with Gasteiger partial charge in [-0.1, -0.05) is 42.8 Å². The van der Waals surface area contributed by atoms with Crippen molar-refractivity contribution in [2.24, 2.45) is 0 Å². The summed E-state index contributed by atoms with van der Waals surface area (Å²) in [5.74, 6) is 0.189. The average Bonchev–Trinajstić information content (AvgIpc) is 2.71.